The first-order chi connectivity index (χ1) is 9.78. The Balaban J connectivity index is 2.62. The Labute approximate surface area is 126 Å². The highest BCUT2D eigenvalue weighted by Crippen LogP contribution is 2.21. The third-order valence-electron chi connectivity index (χ3n) is 3.40. The van der Waals surface area contributed by atoms with Crippen LogP contribution in [0.3, 0.4) is 0 Å². The van der Waals surface area contributed by atoms with Crippen molar-refractivity contribution >= 4 is 11.8 Å². The zero-order chi connectivity index (χ0) is 16.0. The zero-order valence-electron chi connectivity index (χ0n) is 13.4. The van der Waals surface area contributed by atoms with Crippen LogP contribution in [-0.4, -0.2) is 25.0 Å². The molecule has 4 nitrogen and oxygen atoms in total. The highest BCUT2D eigenvalue weighted by molar-refractivity contribution is 6.03. The normalized spacial score (nSPS) is 11.3. The maximum absolute atomic E-state index is 12.1. The van der Waals surface area contributed by atoms with Gasteiger partial charge in [-0.15, -0.1) is 0 Å². The van der Waals surface area contributed by atoms with Crippen molar-refractivity contribution in [2.24, 2.45) is 5.41 Å². The van der Waals surface area contributed by atoms with Crippen LogP contribution in [0.15, 0.2) is 24.3 Å². The summed E-state index contributed by atoms with van der Waals surface area (Å²) in [6.07, 6.45) is 0. The summed E-state index contributed by atoms with van der Waals surface area (Å²) < 4.78 is 10.4. The van der Waals surface area contributed by atoms with Crippen LogP contribution in [0, 0.1) is 5.41 Å². The topological polar surface area (TPSA) is 52.6 Å². The van der Waals surface area contributed by atoms with E-state index in [1.54, 1.807) is 20.8 Å². The highest BCUT2D eigenvalue weighted by atomic mass is 16.5. The molecule has 0 heterocycles. The predicted octanol–water partition coefficient (Wildman–Crippen LogP) is 3.35. The number of ketones is 1. The van der Waals surface area contributed by atoms with E-state index >= 15 is 0 Å². The van der Waals surface area contributed by atoms with Crippen LogP contribution in [0.2, 0.25) is 0 Å². The smallest absolute Gasteiger partial charge is 0.319 e. The average Bonchev–Trinajstić information content (AvgIpc) is 2.45. The fraction of sp³-hybridized carbons (Fsp3) is 0.529. The lowest BCUT2D eigenvalue weighted by Crippen LogP contribution is -2.38. The average molecular weight is 292 g/mol. The number of hydrogen-bond acceptors (Lipinski definition) is 4. The Bertz CT molecular complexity index is 486. The van der Waals surface area contributed by atoms with Crippen molar-refractivity contribution in [1.29, 1.82) is 0 Å². The summed E-state index contributed by atoms with van der Waals surface area (Å²) in [5.41, 5.74) is 0.0222. The van der Waals surface area contributed by atoms with Gasteiger partial charge in [0.25, 0.3) is 0 Å². The summed E-state index contributed by atoms with van der Waals surface area (Å²) >= 11 is 0. The molecule has 0 saturated carbocycles. The standard InChI is InChI=1S/C17H24O4/c1-6-20-16(19)17(4,5)15(18)11-21-14-9-7-13(8-10-14)12(2)3/h7-10,12H,6,11H2,1-5H3. The van der Waals surface area contributed by atoms with E-state index in [2.05, 4.69) is 13.8 Å². The van der Waals surface area contributed by atoms with Gasteiger partial charge < -0.3 is 9.47 Å². The van der Waals surface area contributed by atoms with Gasteiger partial charge in [0.05, 0.1) is 6.61 Å². The molecule has 0 N–H and O–H groups in total. The largest absolute Gasteiger partial charge is 0.486 e. The fourth-order valence-electron chi connectivity index (χ4n) is 1.70. The molecule has 4 heteroatoms. The fourth-order valence-corrected chi connectivity index (χ4v) is 1.70. The van der Waals surface area contributed by atoms with Crippen LogP contribution in [0.5, 0.6) is 5.75 Å². The summed E-state index contributed by atoms with van der Waals surface area (Å²) in [6.45, 7) is 9.16. The third kappa shape index (κ3) is 4.59. The molecule has 1 aromatic carbocycles. The van der Waals surface area contributed by atoms with Gasteiger partial charge in [0.2, 0.25) is 0 Å². The second-order valence-corrected chi connectivity index (χ2v) is 5.78. The minimum atomic E-state index is -1.19. The summed E-state index contributed by atoms with van der Waals surface area (Å²) in [5, 5.41) is 0. The van der Waals surface area contributed by atoms with Crippen LogP contribution in [0.1, 0.15) is 46.1 Å². The predicted molar refractivity (Wildman–Crippen MR) is 81.4 cm³/mol. The van der Waals surface area contributed by atoms with Gasteiger partial charge in [-0.25, -0.2) is 0 Å². The van der Waals surface area contributed by atoms with Crippen LogP contribution in [-0.2, 0) is 14.3 Å². The molecule has 0 saturated heterocycles. The summed E-state index contributed by atoms with van der Waals surface area (Å²) in [5.74, 6) is 0.249. The van der Waals surface area contributed by atoms with Gasteiger partial charge in [-0.05, 0) is 44.4 Å². The van der Waals surface area contributed by atoms with Gasteiger partial charge in [0, 0.05) is 0 Å². The van der Waals surface area contributed by atoms with E-state index in [0.29, 0.717) is 11.7 Å². The number of carbonyl (C=O) groups excluding carboxylic acids is 2. The van der Waals surface area contributed by atoms with E-state index in [1.165, 1.54) is 5.56 Å². The lowest BCUT2D eigenvalue weighted by molar-refractivity contribution is -0.158. The van der Waals surface area contributed by atoms with Crippen LogP contribution < -0.4 is 4.74 Å². The Morgan fingerprint density at radius 2 is 1.71 bits per heavy atom. The van der Waals surface area contributed by atoms with E-state index in [0.717, 1.165) is 0 Å². The first kappa shape index (κ1) is 17.2. The number of carbonyl (C=O) groups is 2. The molecular weight excluding hydrogens is 268 g/mol. The minimum absolute atomic E-state index is 0.146. The molecule has 0 fully saturated rings. The molecule has 0 aliphatic rings. The van der Waals surface area contributed by atoms with Gasteiger partial charge >= 0.3 is 5.97 Å². The van der Waals surface area contributed by atoms with Gasteiger partial charge in [-0.3, -0.25) is 9.59 Å². The Morgan fingerprint density at radius 3 is 2.19 bits per heavy atom. The summed E-state index contributed by atoms with van der Waals surface area (Å²) in [4.78, 5) is 23.8. The number of Topliss-reactive ketones (excluding diaryl/α,β-unsaturated/α-hetero) is 1. The SMILES string of the molecule is CCOC(=O)C(C)(C)C(=O)COc1ccc(C(C)C)cc1. The second kappa shape index (κ2) is 7.25. The van der Waals surface area contributed by atoms with Crippen molar-refractivity contribution in [3.05, 3.63) is 29.8 Å². The maximum atomic E-state index is 12.1. The molecule has 0 spiro atoms. The van der Waals surface area contributed by atoms with Gasteiger partial charge in [0.15, 0.2) is 5.78 Å². The molecule has 21 heavy (non-hydrogen) atoms. The van der Waals surface area contributed by atoms with Crippen molar-refractivity contribution in [3.8, 4) is 5.75 Å². The Morgan fingerprint density at radius 1 is 1.14 bits per heavy atom. The van der Waals surface area contributed by atoms with Gasteiger partial charge in [-0.2, -0.15) is 0 Å². The molecule has 0 radical (unpaired) electrons. The zero-order valence-corrected chi connectivity index (χ0v) is 13.4. The van der Waals surface area contributed by atoms with Crippen molar-refractivity contribution in [3.63, 3.8) is 0 Å². The summed E-state index contributed by atoms with van der Waals surface area (Å²) in [6, 6.07) is 7.61. The molecule has 0 aliphatic carbocycles. The highest BCUT2D eigenvalue weighted by Gasteiger charge is 2.37. The second-order valence-electron chi connectivity index (χ2n) is 5.78. The van der Waals surface area contributed by atoms with E-state index in [-0.39, 0.29) is 19.0 Å². The molecule has 0 aromatic heterocycles. The number of benzene rings is 1. The lowest BCUT2D eigenvalue weighted by atomic mass is 9.88. The monoisotopic (exact) mass is 292 g/mol. The third-order valence-corrected chi connectivity index (χ3v) is 3.40. The van der Waals surface area contributed by atoms with Crippen molar-refractivity contribution in [2.45, 2.75) is 40.5 Å². The van der Waals surface area contributed by atoms with Crippen LogP contribution in [0.25, 0.3) is 0 Å². The number of ether oxygens (including phenoxy) is 2. The molecule has 0 atom stereocenters. The minimum Gasteiger partial charge on any atom is -0.486 e. The van der Waals surface area contributed by atoms with Crippen LogP contribution in [0.4, 0.5) is 0 Å². The van der Waals surface area contributed by atoms with E-state index in [1.807, 2.05) is 24.3 Å². The number of esters is 1. The molecule has 0 unspecified atom stereocenters. The van der Waals surface area contributed by atoms with E-state index in [9.17, 15) is 9.59 Å². The first-order valence-corrected chi connectivity index (χ1v) is 7.22. The molecule has 1 rings (SSSR count). The maximum Gasteiger partial charge on any atom is 0.319 e. The number of hydrogen-bond donors (Lipinski definition) is 0. The van der Waals surface area contributed by atoms with Crippen LogP contribution >= 0.6 is 0 Å². The quantitative estimate of drug-likeness (QED) is 0.571. The molecule has 116 valence electrons. The molecule has 0 aliphatic heterocycles. The Kier molecular flexibility index (Phi) is 5.94. The van der Waals surface area contributed by atoms with Crippen molar-refractivity contribution in [1.82, 2.24) is 0 Å². The van der Waals surface area contributed by atoms with Gasteiger partial charge in [0.1, 0.15) is 17.8 Å². The number of rotatable bonds is 7. The van der Waals surface area contributed by atoms with Gasteiger partial charge in [-0.1, -0.05) is 26.0 Å². The van der Waals surface area contributed by atoms with Crippen molar-refractivity contribution < 1.29 is 19.1 Å². The molecule has 1 aromatic rings. The van der Waals surface area contributed by atoms with E-state index < -0.39 is 11.4 Å². The molecular formula is C17H24O4. The molecule has 0 amide bonds. The van der Waals surface area contributed by atoms with E-state index in [4.69, 9.17) is 9.47 Å². The Hall–Kier alpha value is -1.84. The van der Waals surface area contributed by atoms with Crippen molar-refractivity contribution in [2.75, 3.05) is 13.2 Å². The summed E-state index contributed by atoms with van der Waals surface area (Å²) in [7, 11) is 0. The molecule has 0 bridgehead atoms. The first-order valence-electron chi connectivity index (χ1n) is 7.22. The lowest BCUT2D eigenvalue weighted by Gasteiger charge is -2.20.